The van der Waals surface area contributed by atoms with Crippen LogP contribution in [0.2, 0.25) is 0 Å². The molecule has 0 N–H and O–H groups in total. The number of nitrogens with zero attached hydrogens (tertiary/aromatic N) is 1. The fraction of sp³-hybridized carbons (Fsp3) is 0.800. The van der Waals surface area contributed by atoms with Crippen LogP contribution in [0.15, 0.2) is 12.2 Å². The standard InChI is InChI=1S/C10H18ClN/c1-9(7-11)8-12-6-4-3-5-10(12)2/h10H,1,3-8H2,2H3. The summed E-state index contributed by atoms with van der Waals surface area (Å²) in [5, 5.41) is 0. The minimum Gasteiger partial charge on any atom is -0.297 e. The van der Waals surface area contributed by atoms with Crippen LogP contribution in [0, 0.1) is 0 Å². The number of halogens is 1. The van der Waals surface area contributed by atoms with E-state index in [1.807, 2.05) is 0 Å². The van der Waals surface area contributed by atoms with Gasteiger partial charge < -0.3 is 0 Å². The number of alkyl halides is 1. The van der Waals surface area contributed by atoms with Gasteiger partial charge in [-0.3, -0.25) is 4.90 Å². The topological polar surface area (TPSA) is 3.24 Å². The van der Waals surface area contributed by atoms with Crippen LogP contribution in [0.1, 0.15) is 26.2 Å². The zero-order chi connectivity index (χ0) is 8.97. The average Bonchev–Trinajstić information content (AvgIpc) is 2.09. The van der Waals surface area contributed by atoms with Crippen molar-refractivity contribution in [1.82, 2.24) is 4.90 Å². The molecule has 0 spiro atoms. The van der Waals surface area contributed by atoms with E-state index in [0.717, 1.165) is 18.2 Å². The number of likely N-dealkylation sites (tertiary alicyclic amines) is 1. The summed E-state index contributed by atoms with van der Waals surface area (Å²) in [4.78, 5) is 2.48. The normalized spacial score (nSPS) is 25.7. The molecule has 1 fully saturated rings. The third-order valence-electron chi connectivity index (χ3n) is 2.56. The van der Waals surface area contributed by atoms with Crippen LogP contribution in [0.5, 0.6) is 0 Å². The predicted molar refractivity (Wildman–Crippen MR) is 54.7 cm³/mol. The zero-order valence-corrected chi connectivity index (χ0v) is 8.61. The molecule has 2 heteroatoms. The molecule has 1 nitrogen and oxygen atoms in total. The highest BCUT2D eigenvalue weighted by Gasteiger charge is 2.17. The highest BCUT2D eigenvalue weighted by molar-refractivity contribution is 6.19. The van der Waals surface area contributed by atoms with E-state index in [4.69, 9.17) is 11.6 Å². The van der Waals surface area contributed by atoms with Crippen LogP contribution in [0.3, 0.4) is 0 Å². The summed E-state index contributed by atoms with van der Waals surface area (Å²) in [5.41, 5.74) is 1.14. The molecule has 1 rings (SSSR count). The van der Waals surface area contributed by atoms with Crippen molar-refractivity contribution in [2.24, 2.45) is 0 Å². The third kappa shape index (κ3) is 2.80. The van der Waals surface area contributed by atoms with Gasteiger partial charge in [0, 0.05) is 18.5 Å². The largest absolute Gasteiger partial charge is 0.297 e. The first-order valence-electron chi connectivity index (χ1n) is 4.70. The van der Waals surface area contributed by atoms with Gasteiger partial charge in [-0.2, -0.15) is 0 Å². The molecule has 12 heavy (non-hydrogen) atoms. The van der Waals surface area contributed by atoms with Gasteiger partial charge in [-0.25, -0.2) is 0 Å². The Balaban J connectivity index is 2.33. The molecule has 0 aliphatic carbocycles. The summed E-state index contributed by atoms with van der Waals surface area (Å²) in [7, 11) is 0. The molecule has 0 saturated carbocycles. The van der Waals surface area contributed by atoms with Gasteiger partial charge in [0.1, 0.15) is 0 Å². The molecule has 1 saturated heterocycles. The molecular formula is C10H18ClN. The zero-order valence-electron chi connectivity index (χ0n) is 7.85. The van der Waals surface area contributed by atoms with E-state index in [0.29, 0.717) is 5.88 Å². The molecule has 0 amide bonds. The fourth-order valence-electron chi connectivity index (χ4n) is 1.72. The molecule has 1 heterocycles. The van der Waals surface area contributed by atoms with Gasteiger partial charge in [-0.05, 0) is 31.9 Å². The van der Waals surface area contributed by atoms with Gasteiger partial charge >= 0.3 is 0 Å². The quantitative estimate of drug-likeness (QED) is 0.485. The van der Waals surface area contributed by atoms with E-state index < -0.39 is 0 Å². The molecule has 0 aromatic rings. The first kappa shape index (κ1) is 10.1. The summed E-state index contributed by atoms with van der Waals surface area (Å²) in [6, 6.07) is 0.721. The third-order valence-corrected chi connectivity index (χ3v) is 2.93. The Labute approximate surface area is 80.4 Å². The molecule has 0 radical (unpaired) electrons. The molecule has 0 aromatic carbocycles. The van der Waals surface area contributed by atoms with Gasteiger partial charge in [-0.15, -0.1) is 11.6 Å². The summed E-state index contributed by atoms with van der Waals surface area (Å²) in [5.74, 6) is 0.600. The number of hydrogen-bond donors (Lipinski definition) is 0. The number of piperidine rings is 1. The monoisotopic (exact) mass is 187 g/mol. The van der Waals surface area contributed by atoms with E-state index in [2.05, 4.69) is 18.4 Å². The lowest BCUT2D eigenvalue weighted by atomic mass is 10.0. The molecule has 1 aliphatic heterocycles. The Morgan fingerprint density at radius 2 is 2.33 bits per heavy atom. The fourth-order valence-corrected chi connectivity index (χ4v) is 1.81. The van der Waals surface area contributed by atoms with Crippen LogP contribution in [0.4, 0.5) is 0 Å². The molecule has 70 valence electrons. The lowest BCUT2D eigenvalue weighted by Gasteiger charge is -2.33. The highest BCUT2D eigenvalue weighted by atomic mass is 35.5. The first-order chi connectivity index (χ1) is 5.74. The van der Waals surface area contributed by atoms with Crippen molar-refractivity contribution in [1.29, 1.82) is 0 Å². The lowest BCUT2D eigenvalue weighted by molar-refractivity contribution is 0.175. The molecule has 1 aliphatic rings. The second kappa shape index (κ2) is 4.88. The number of rotatable bonds is 3. The molecule has 0 bridgehead atoms. The maximum atomic E-state index is 5.69. The highest BCUT2D eigenvalue weighted by Crippen LogP contribution is 2.17. The van der Waals surface area contributed by atoms with Crippen molar-refractivity contribution >= 4 is 11.6 Å². The molecule has 0 aromatic heterocycles. The SMILES string of the molecule is C=C(CCl)CN1CCCCC1C. The van der Waals surface area contributed by atoms with Gasteiger partial charge in [-0.1, -0.05) is 13.0 Å². The summed E-state index contributed by atoms with van der Waals surface area (Å²) >= 11 is 5.69. The lowest BCUT2D eigenvalue weighted by Crippen LogP contribution is -2.38. The van der Waals surface area contributed by atoms with E-state index in [-0.39, 0.29) is 0 Å². The van der Waals surface area contributed by atoms with Crippen molar-refractivity contribution in [3.63, 3.8) is 0 Å². The van der Waals surface area contributed by atoms with E-state index in [1.54, 1.807) is 0 Å². The van der Waals surface area contributed by atoms with Gasteiger partial charge in [0.05, 0.1) is 0 Å². The van der Waals surface area contributed by atoms with Crippen LogP contribution in [0.25, 0.3) is 0 Å². The van der Waals surface area contributed by atoms with E-state index in [9.17, 15) is 0 Å². The number of hydrogen-bond acceptors (Lipinski definition) is 1. The minimum absolute atomic E-state index is 0.600. The summed E-state index contributed by atoms with van der Waals surface area (Å²) in [6.45, 7) is 8.43. The Kier molecular flexibility index (Phi) is 4.10. The van der Waals surface area contributed by atoms with Crippen LogP contribution in [-0.2, 0) is 0 Å². The second-order valence-electron chi connectivity index (χ2n) is 3.70. The second-order valence-corrected chi connectivity index (χ2v) is 3.97. The van der Waals surface area contributed by atoms with Crippen molar-refractivity contribution in [3.8, 4) is 0 Å². The summed E-state index contributed by atoms with van der Waals surface area (Å²) < 4.78 is 0. The smallest absolute Gasteiger partial charge is 0.0443 e. The van der Waals surface area contributed by atoms with Gasteiger partial charge in [0.15, 0.2) is 0 Å². The van der Waals surface area contributed by atoms with E-state index in [1.165, 1.54) is 25.8 Å². The van der Waals surface area contributed by atoms with Gasteiger partial charge in [0.2, 0.25) is 0 Å². The maximum Gasteiger partial charge on any atom is 0.0443 e. The Bertz CT molecular complexity index is 156. The average molecular weight is 188 g/mol. The van der Waals surface area contributed by atoms with Crippen LogP contribution in [-0.4, -0.2) is 29.9 Å². The molecule has 1 atom stereocenters. The maximum absolute atomic E-state index is 5.69. The Morgan fingerprint density at radius 1 is 1.58 bits per heavy atom. The van der Waals surface area contributed by atoms with Crippen LogP contribution < -0.4 is 0 Å². The first-order valence-corrected chi connectivity index (χ1v) is 5.24. The Morgan fingerprint density at radius 3 is 2.92 bits per heavy atom. The molecule has 1 unspecified atom stereocenters. The van der Waals surface area contributed by atoms with Crippen molar-refractivity contribution in [2.45, 2.75) is 32.2 Å². The van der Waals surface area contributed by atoms with Crippen LogP contribution >= 0.6 is 11.6 Å². The van der Waals surface area contributed by atoms with Gasteiger partial charge in [0.25, 0.3) is 0 Å². The predicted octanol–water partition coefficient (Wildman–Crippen LogP) is 2.66. The minimum atomic E-state index is 0.600. The van der Waals surface area contributed by atoms with Crippen molar-refractivity contribution < 1.29 is 0 Å². The van der Waals surface area contributed by atoms with Crippen molar-refractivity contribution in [3.05, 3.63) is 12.2 Å². The molecular weight excluding hydrogens is 170 g/mol. The van der Waals surface area contributed by atoms with Crippen molar-refractivity contribution in [2.75, 3.05) is 19.0 Å². The summed E-state index contributed by atoms with van der Waals surface area (Å²) in [6.07, 6.45) is 4.04. The Hall–Kier alpha value is -0.0100. The van der Waals surface area contributed by atoms with E-state index >= 15 is 0 Å².